The number of carbonyl (C=O) groups is 1. The Hall–Kier alpha value is -3.00. The quantitative estimate of drug-likeness (QED) is 0.741. The van der Waals surface area contributed by atoms with Crippen LogP contribution >= 0.6 is 0 Å². The summed E-state index contributed by atoms with van der Waals surface area (Å²) in [6.07, 6.45) is 4.86. The minimum absolute atomic E-state index is 0.251. The highest BCUT2D eigenvalue weighted by Crippen LogP contribution is 2.17. The van der Waals surface area contributed by atoms with E-state index in [0.717, 1.165) is 32.0 Å². The highest BCUT2D eigenvalue weighted by molar-refractivity contribution is 6.03. The summed E-state index contributed by atoms with van der Waals surface area (Å²) in [7, 11) is 0. The van der Waals surface area contributed by atoms with E-state index < -0.39 is 0 Å². The second-order valence-electron chi connectivity index (χ2n) is 5.53. The van der Waals surface area contributed by atoms with Crippen molar-refractivity contribution in [3.8, 4) is 0 Å². The summed E-state index contributed by atoms with van der Waals surface area (Å²) in [6.45, 7) is 3.68. The molecule has 1 aliphatic heterocycles. The summed E-state index contributed by atoms with van der Waals surface area (Å²) in [6, 6.07) is 7.26. The van der Waals surface area contributed by atoms with Crippen LogP contribution < -0.4 is 15.5 Å². The molecule has 4 rings (SSSR count). The van der Waals surface area contributed by atoms with Crippen molar-refractivity contribution in [1.29, 1.82) is 0 Å². The van der Waals surface area contributed by atoms with Gasteiger partial charge in [0.05, 0.1) is 6.20 Å². The lowest BCUT2D eigenvalue weighted by Crippen LogP contribution is -2.43. The van der Waals surface area contributed by atoms with E-state index >= 15 is 0 Å². The van der Waals surface area contributed by atoms with E-state index in [0.29, 0.717) is 17.0 Å². The molecule has 8 nitrogen and oxygen atoms in total. The van der Waals surface area contributed by atoms with Gasteiger partial charge in [-0.15, -0.1) is 0 Å². The van der Waals surface area contributed by atoms with Crippen molar-refractivity contribution >= 4 is 23.1 Å². The smallest absolute Gasteiger partial charge is 0.276 e. The van der Waals surface area contributed by atoms with Gasteiger partial charge in [0.25, 0.3) is 5.91 Å². The molecule has 24 heavy (non-hydrogen) atoms. The number of nitrogens with one attached hydrogen (secondary N) is 2. The van der Waals surface area contributed by atoms with Gasteiger partial charge in [-0.1, -0.05) is 0 Å². The average molecular weight is 323 g/mol. The Morgan fingerprint density at radius 2 is 2.04 bits per heavy atom. The molecule has 1 fully saturated rings. The summed E-state index contributed by atoms with van der Waals surface area (Å²) < 4.78 is 1.52. The highest BCUT2D eigenvalue weighted by atomic mass is 16.2. The molecular weight excluding hydrogens is 306 g/mol. The molecule has 1 amide bonds. The first-order chi connectivity index (χ1) is 11.8. The summed E-state index contributed by atoms with van der Waals surface area (Å²) in [5.74, 6) is 0.615. The van der Waals surface area contributed by atoms with Gasteiger partial charge in [-0.3, -0.25) is 4.79 Å². The van der Waals surface area contributed by atoms with E-state index in [2.05, 4.69) is 30.6 Å². The van der Waals surface area contributed by atoms with Crippen LogP contribution in [-0.4, -0.2) is 51.7 Å². The van der Waals surface area contributed by atoms with Gasteiger partial charge >= 0.3 is 0 Å². The number of amides is 1. The maximum Gasteiger partial charge on any atom is 0.276 e. The monoisotopic (exact) mass is 323 g/mol. The first-order valence-electron chi connectivity index (χ1n) is 7.83. The van der Waals surface area contributed by atoms with Gasteiger partial charge in [0, 0.05) is 50.3 Å². The number of fused-ring (bicyclic) bond motifs is 1. The number of hydrogen-bond acceptors (Lipinski definition) is 6. The maximum atomic E-state index is 12.5. The van der Waals surface area contributed by atoms with E-state index in [9.17, 15) is 4.79 Å². The Morgan fingerprint density at radius 1 is 1.17 bits per heavy atom. The minimum Gasteiger partial charge on any atom is -0.354 e. The number of carbonyl (C=O) groups excluding carboxylic acids is 1. The molecule has 8 heteroatoms. The van der Waals surface area contributed by atoms with E-state index in [-0.39, 0.29) is 5.91 Å². The fourth-order valence-corrected chi connectivity index (χ4v) is 2.74. The fourth-order valence-electron chi connectivity index (χ4n) is 2.74. The predicted molar refractivity (Wildman–Crippen MR) is 90.3 cm³/mol. The lowest BCUT2D eigenvalue weighted by atomic mass is 10.3. The van der Waals surface area contributed by atoms with Crippen LogP contribution in [0.5, 0.6) is 0 Å². The van der Waals surface area contributed by atoms with E-state index in [4.69, 9.17) is 0 Å². The van der Waals surface area contributed by atoms with Crippen molar-refractivity contribution in [1.82, 2.24) is 24.9 Å². The lowest BCUT2D eigenvalue weighted by molar-refractivity contribution is 0.102. The summed E-state index contributed by atoms with van der Waals surface area (Å²) in [5.41, 5.74) is 1.74. The molecule has 0 aliphatic carbocycles. The number of piperazine rings is 1. The first kappa shape index (κ1) is 14.6. The number of imidazole rings is 1. The SMILES string of the molecule is O=C(Nc1ccnc(N2CCNCC2)c1)c1cnc2cccnn12. The minimum atomic E-state index is -0.251. The summed E-state index contributed by atoms with van der Waals surface area (Å²) >= 11 is 0. The molecule has 2 N–H and O–H groups in total. The molecule has 0 radical (unpaired) electrons. The van der Waals surface area contributed by atoms with Crippen molar-refractivity contribution in [3.63, 3.8) is 0 Å². The van der Waals surface area contributed by atoms with E-state index in [1.54, 1.807) is 30.6 Å². The van der Waals surface area contributed by atoms with Gasteiger partial charge in [-0.05, 0) is 18.2 Å². The Balaban J connectivity index is 1.55. The van der Waals surface area contributed by atoms with Crippen LogP contribution in [0.3, 0.4) is 0 Å². The number of aromatic nitrogens is 4. The van der Waals surface area contributed by atoms with Crippen LogP contribution in [0.4, 0.5) is 11.5 Å². The summed E-state index contributed by atoms with van der Waals surface area (Å²) in [5, 5.41) is 10.4. The zero-order chi connectivity index (χ0) is 16.4. The van der Waals surface area contributed by atoms with Crippen molar-refractivity contribution < 1.29 is 4.79 Å². The van der Waals surface area contributed by atoms with Gasteiger partial charge in [0.2, 0.25) is 0 Å². The molecule has 1 saturated heterocycles. The second-order valence-corrected chi connectivity index (χ2v) is 5.53. The van der Waals surface area contributed by atoms with Crippen LogP contribution in [-0.2, 0) is 0 Å². The maximum absolute atomic E-state index is 12.5. The zero-order valence-electron chi connectivity index (χ0n) is 13.0. The van der Waals surface area contributed by atoms with Gasteiger partial charge < -0.3 is 15.5 Å². The lowest BCUT2D eigenvalue weighted by Gasteiger charge is -2.28. The second kappa shape index (κ2) is 6.25. The van der Waals surface area contributed by atoms with Crippen molar-refractivity contribution in [2.75, 3.05) is 36.4 Å². The van der Waals surface area contributed by atoms with Crippen molar-refractivity contribution in [2.45, 2.75) is 0 Å². The van der Waals surface area contributed by atoms with Gasteiger partial charge in [-0.25, -0.2) is 14.5 Å². The predicted octanol–water partition coefficient (Wildman–Crippen LogP) is 0.786. The van der Waals surface area contributed by atoms with E-state index in [1.165, 1.54) is 10.7 Å². The molecular formula is C16H17N7O. The zero-order valence-corrected chi connectivity index (χ0v) is 13.0. The fraction of sp³-hybridized carbons (Fsp3) is 0.250. The van der Waals surface area contributed by atoms with Crippen molar-refractivity contribution in [3.05, 3.63) is 48.5 Å². The Labute approximate surface area is 138 Å². The molecule has 4 heterocycles. The molecule has 0 spiro atoms. The van der Waals surface area contributed by atoms with Gasteiger partial charge in [-0.2, -0.15) is 5.10 Å². The van der Waals surface area contributed by atoms with Gasteiger partial charge in [0.1, 0.15) is 5.82 Å². The first-order valence-corrected chi connectivity index (χ1v) is 7.83. The van der Waals surface area contributed by atoms with Crippen LogP contribution in [0.1, 0.15) is 10.5 Å². The Morgan fingerprint density at radius 3 is 2.92 bits per heavy atom. The third-order valence-corrected chi connectivity index (χ3v) is 3.95. The Bertz CT molecular complexity index is 869. The molecule has 122 valence electrons. The highest BCUT2D eigenvalue weighted by Gasteiger charge is 2.15. The third kappa shape index (κ3) is 2.79. The van der Waals surface area contributed by atoms with E-state index in [1.807, 2.05) is 6.07 Å². The molecule has 3 aromatic heterocycles. The molecule has 3 aromatic rings. The van der Waals surface area contributed by atoms with Gasteiger partial charge in [0.15, 0.2) is 11.3 Å². The largest absolute Gasteiger partial charge is 0.354 e. The summed E-state index contributed by atoms with van der Waals surface area (Å²) in [4.78, 5) is 23.3. The number of anilines is 2. The number of hydrogen-bond donors (Lipinski definition) is 2. The average Bonchev–Trinajstić information content (AvgIpc) is 3.07. The number of pyridine rings is 1. The molecule has 0 saturated carbocycles. The Kier molecular flexibility index (Phi) is 3.80. The van der Waals surface area contributed by atoms with Crippen LogP contribution in [0.15, 0.2) is 42.9 Å². The molecule has 0 unspecified atom stereocenters. The molecule has 1 aliphatic rings. The number of rotatable bonds is 3. The molecule has 0 bridgehead atoms. The third-order valence-electron chi connectivity index (χ3n) is 3.95. The standard InChI is InChI=1S/C16H17N7O/c24-16(13-11-19-14-2-1-4-20-23(13)14)21-12-3-5-18-15(10-12)22-8-6-17-7-9-22/h1-5,10-11,17H,6-9H2,(H,18,21,24). The normalized spacial score (nSPS) is 14.8. The molecule has 0 atom stereocenters. The van der Waals surface area contributed by atoms with Crippen LogP contribution in [0.25, 0.3) is 5.65 Å². The van der Waals surface area contributed by atoms with Crippen LogP contribution in [0, 0.1) is 0 Å². The topological polar surface area (TPSA) is 87.5 Å². The van der Waals surface area contributed by atoms with Crippen molar-refractivity contribution in [2.24, 2.45) is 0 Å². The number of nitrogens with zero attached hydrogens (tertiary/aromatic N) is 5. The molecule has 0 aromatic carbocycles. The van der Waals surface area contributed by atoms with Crippen LogP contribution in [0.2, 0.25) is 0 Å².